The first-order valence-corrected chi connectivity index (χ1v) is 16.9. The van der Waals surface area contributed by atoms with Crippen LogP contribution in [0.3, 0.4) is 0 Å². The van der Waals surface area contributed by atoms with Crippen molar-refractivity contribution in [3.8, 4) is 0 Å². The summed E-state index contributed by atoms with van der Waals surface area (Å²) in [7, 11) is -3.94. The lowest BCUT2D eigenvalue weighted by atomic mass is 9.69. The molecule has 43 heavy (non-hydrogen) atoms. The minimum atomic E-state index is -3.94. The molecule has 0 N–H and O–H groups in total. The smallest absolute Gasteiger partial charge is 0.339 e. The van der Waals surface area contributed by atoms with E-state index in [0.717, 1.165) is 45.0 Å². The highest BCUT2D eigenvalue weighted by Crippen LogP contribution is 2.70. The third kappa shape index (κ3) is 4.61. The summed E-state index contributed by atoms with van der Waals surface area (Å²) in [4.78, 5) is 28.3. The molecule has 3 aromatic carbocycles. The van der Waals surface area contributed by atoms with E-state index in [1.165, 1.54) is 12.1 Å². The van der Waals surface area contributed by atoms with Gasteiger partial charge in [-0.25, -0.2) is 17.5 Å². The van der Waals surface area contributed by atoms with Crippen LogP contribution in [0.15, 0.2) is 54.6 Å². The van der Waals surface area contributed by atoms with Gasteiger partial charge < -0.3 is 4.74 Å². The molecule has 3 aliphatic rings. The molecule has 1 saturated heterocycles. The third-order valence-corrected chi connectivity index (χ3v) is 13.2. The van der Waals surface area contributed by atoms with Crippen molar-refractivity contribution in [2.45, 2.75) is 66.0 Å². The number of hydrogen-bond acceptors (Lipinski definition) is 5. The molecule has 1 aliphatic heterocycles. The molecular formula is C34H35Cl2NO5S. The molecule has 0 radical (unpaired) electrons. The lowest BCUT2D eigenvalue weighted by Crippen LogP contribution is -2.44. The highest BCUT2D eigenvalue weighted by atomic mass is 35.5. The van der Waals surface area contributed by atoms with Crippen LogP contribution in [0.2, 0.25) is 10.0 Å². The molecule has 2 bridgehead atoms. The number of aryl methyl sites for hydroxylation is 3. The molecule has 3 aromatic rings. The molecule has 1 amide bonds. The Hall–Kier alpha value is -2.87. The average Bonchev–Trinajstić information content (AvgIpc) is 3.43. The van der Waals surface area contributed by atoms with Crippen LogP contribution in [0.5, 0.6) is 0 Å². The van der Waals surface area contributed by atoms with E-state index >= 15 is 0 Å². The maximum atomic E-state index is 14.3. The Morgan fingerprint density at radius 3 is 2.21 bits per heavy atom. The van der Waals surface area contributed by atoms with Crippen LogP contribution in [0.1, 0.15) is 87.7 Å². The van der Waals surface area contributed by atoms with Gasteiger partial charge in [-0.2, -0.15) is 0 Å². The minimum Gasteiger partial charge on any atom is -0.449 e. The van der Waals surface area contributed by atoms with Crippen molar-refractivity contribution in [2.75, 3.05) is 5.75 Å². The van der Waals surface area contributed by atoms with E-state index in [1.54, 1.807) is 0 Å². The topological polar surface area (TPSA) is 80.8 Å². The molecule has 0 unspecified atom stereocenters. The molecule has 226 valence electrons. The second-order valence-electron chi connectivity index (χ2n) is 13.0. The Kier molecular flexibility index (Phi) is 7.26. The van der Waals surface area contributed by atoms with Crippen LogP contribution in [0.25, 0.3) is 0 Å². The summed E-state index contributed by atoms with van der Waals surface area (Å²) in [5.74, 6) is -1.32. The second-order valence-corrected chi connectivity index (χ2v) is 15.7. The number of halogens is 2. The van der Waals surface area contributed by atoms with Crippen molar-refractivity contribution in [2.24, 2.45) is 16.7 Å². The van der Waals surface area contributed by atoms with E-state index in [2.05, 4.69) is 13.8 Å². The summed E-state index contributed by atoms with van der Waals surface area (Å²) < 4.78 is 34.6. The van der Waals surface area contributed by atoms with Gasteiger partial charge in [0, 0.05) is 11.0 Å². The van der Waals surface area contributed by atoms with Crippen molar-refractivity contribution in [3.63, 3.8) is 0 Å². The number of nitrogens with zero attached hydrogens (tertiary/aromatic N) is 1. The standard InChI is InChI=1S/C34H35Cl2NO5S/c1-19-13-21(3)24(14-20(19)2)30(22-9-7-6-8-10-22)42-32(39)26-17-28(36)27(35)16-25(26)31(38)37-29-15-23-11-12-34(29,33(23,4)5)18-43(37,40)41/h6-10,13-14,16-17,23,29-30H,11-12,15,18H2,1-5H3/t23-,29-,30-,34-/m0/s1. The minimum absolute atomic E-state index is 0.0470. The fraction of sp³-hybridized carbons (Fsp3) is 0.412. The van der Waals surface area contributed by atoms with Crippen molar-refractivity contribution in [1.82, 2.24) is 4.31 Å². The zero-order chi connectivity index (χ0) is 31.1. The van der Waals surface area contributed by atoms with Crippen LogP contribution >= 0.6 is 23.2 Å². The number of esters is 1. The van der Waals surface area contributed by atoms with E-state index < -0.39 is 39.5 Å². The molecule has 9 heteroatoms. The van der Waals surface area contributed by atoms with Crippen molar-refractivity contribution in [3.05, 3.63) is 104 Å². The van der Waals surface area contributed by atoms with Gasteiger partial charge in [-0.1, -0.05) is 79.5 Å². The molecule has 2 aliphatic carbocycles. The molecule has 2 saturated carbocycles. The highest BCUT2D eigenvalue weighted by molar-refractivity contribution is 7.90. The number of benzene rings is 3. The Bertz CT molecular complexity index is 1770. The lowest BCUT2D eigenvalue weighted by molar-refractivity contribution is 0.0371. The summed E-state index contributed by atoms with van der Waals surface area (Å²) in [6.07, 6.45) is 1.53. The van der Waals surface area contributed by atoms with Crippen LogP contribution in [-0.4, -0.2) is 36.4 Å². The third-order valence-electron chi connectivity index (χ3n) is 10.6. The van der Waals surface area contributed by atoms with Crippen molar-refractivity contribution >= 4 is 45.1 Å². The Balaban J connectivity index is 1.42. The predicted octanol–water partition coefficient (Wildman–Crippen LogP) is 7.85. The van der Waals surface area contributed by atoms with Crippen LogP contribution in [0, 0.1) is 37.5 Å². The van der Waals surface area contributed by atoms with E-state index in [1.807, 2.05) is 63.2 Å². The highest BCUT2D eigenvalue weighted by Gasteiger charge is 2.72. The zero-order valence-corrected chi connectivity index (χ0v) is 27.2. The number of hydrogen-bond donors (Lipinski definition) is 0. The fourth-order valence-electron chi connectivity index (χ4n) is 7.94. The number of amides is 1. The molecular weight excluding hydrogens is 605 g/mol. The van der Waals surface area contributed by atoms with Gasteiger partial charge in [0.2, 0.25) is 10.0 Å². The predicted molar refractivity (Wildman–Crippen MR) is 168 cm³/mol. The SMILES string of the molecule is Cc1cc(C)c([C@@H](OC(=O)c2cc(Cl)c(Cl)cc2C(=O)N2[C@H]3C[C@@H]4CC[C@@]3(CS2(=O)=O)C4(C)C)c2ccccc2)cc1C. The largest absolute Gasteiger partial charge is 0.449 e. The number of rotatable bonds is 5. The zero-order valence-electron chi connectivity index (χ0n) is 24.9. The van der Waals surface area contributed by atoms with Gasteiger partial charge in [0.1, 0.15) is 0 Å². The molecule has 1 heterocycles. The van der Waals surface area contributed by atoms with E-state index in [-0.39, 0.29) is 32.3 Å². The molecule has 3 fully saturated rings. The monoisotopic (exact) mass is 639 g/mol. The van der Waals surface area contributed by atoms with Gasteiger partial charge in [0.05, 0.1) is 33.0 Å². The average molecular weight is 641 g/mol. The number of ether oxygens (including phenoxy) is 1. The normalized spacial score (nSPS) is 25.4. The van der Waals surface area contributed by atoms with Gasteiger partial charge in [-0.15, -0.1) is 0 Å². The number of fused-ring (bicyclic) bond motifs is 1. The second kappa shape index (κ2) is 10.4. The van der Waals surface area contributed by atoms with Gasteiger partial charge in [-0.05, 0) is 85.8 Å². The van der Waals surface area contributed by atoms with Crippen molar-refractivity contribution < 1.29 is 22.7 Å². The molecule has 1 spiro atoms. The summed E-state index contributed by atoms with van der Waals surface area (Å²) in [5, 5.41) is 0.108. The van der Waals surface area contributed by atoms with Crippen LogP contribution in [0.4, 0.5) is 0 Å². The molecule has 4 atom stereocenters. The Morgan fingerprint density at radius 1 is 0.930 bits per heavy atom. The first kappa shape index (κ1) is 30.2. The fourth-order valence-corrected chi connectivity index (χ4v) is 10.8. The summed E-state index contributed by atoms with van der Waals surface area (Å²) in [6.45, 7) is 10.2. The maximum absolute atomic E-state index is 14.3. The van der Waals surface area contributed by atoms with Gasteiger partial charge in [0.25, 0.3) is 5.91 Å². The number of sulfonamides is 1. The van der Waals surface area contributed by atoms with Gasteiger partial charge in [0.15, 0.2) is 6.10 Å². The van der Waals surface area contributed by atoms with Crippen molar-refractivity contribution in [1.29, 1.82) is 0 Å². The van der Waals surface area contributed by atoms with Gasteiger partial charge >= 0.3 is 5.97 Å². The Labute approximate surface area is 263 Å². The van der Waals surface area contributed by atoms with E-state index in [0.29, 0.717) is 12.3 Å². The maximum Gasteiger partial charge on any atom is 0.339 e. The first-order chi connectivity index (χ1) is 20.2. The number of carbonyl (C=O) groups is 2. The summed E-state index contributed by atoms with van der Waals surface area (Å²) in [6, 6.07) is 15.5. The summed E-state index contributed by atoms with van der Waals surface area (Å²) >= 11 is 12.8. The van der Waals surface area contributed by atoms with Gasteiger partial charge in [-0.3, -0.25) is 4.79 Å². The molecule has 6 rings (SSSR count). The molecule has 0 aromatic heterocycles. The van der Waals surface area contributed by atoms with E-state index in [9.17, 15) is 18.0 Å². The molecule has 6 nitrogen and oxygen atoms in total. The summed E-state index contributed by atoms with van der Waals surface area (Å²) in [5.41, 5.74) is 3.68. The Morgan fingerprint density at radius 2 is 1.56 bits per heavy atom. The van der Waals surface area contributed by atoms with Crippen LogP contribution in [-0.2, 0) is 14.8 Å². The van der Waals surface area contributed by atoms with E-state index in [4.69, 9.17) is 27.9 Å². The first-order valence-electron chi connectivity index (χ1n) is 14.6. The quantitative estimate of drug-likeness (QED) is 0.266. The van der Waals surface area contributed by atoms with Crippen LogP contribution < -0.4 is 0 Å². The number of carbonyl (C=O) groups excluding carboxylic acids is 2. The lowest BCUT2D eigenvalue weighted by Gasteiger charge is -2.37.